The van der Waals surface area contributed by atoms with E-state index in [-0.39, 0.29) is 0 Å². The van der Waals surface area contributed by atoms with Crippen molar-refractivity contribution >= 4 is 21.6 Å². The number of nitrogens with one attached hydrogen (secondary N) is 1. The Hall–Kier alpha value is -1.32. The Morgan fingerprint density at radius 2 is 2.00 bits per heavy atom. The summed E-state index contributed by atoms with van der Waals surface area (Å²) in [5.41, 5.74) is 5.77. The number of fused-ring (bicyclic) bond motifs is 5. The predicted molar refractivity (Wildman–Crippen MR) is 86.3 cm³/mol. The minimum Gasteiger partial charge on any atom is -0.362 e. The molecule has 2 nitrogen and oxygen atoms in total. The molecule has 0 aliphatic carbocycles. The summed E-state index contributed by atoms with van der Waals surface area (Å²) in [4.78, 5) is 2.57. The molecule has 1 atom stereocenters. The minimum atomic E-state index is 0.461. The molecule has 2 aromatic rings. The van der Waals surface area contributed by atoms with Gasteiger partial charge in [0.2, 0.25) is 0 Å². The standard InChI is InChI=1S/C17H17BrN2/c18-14-5-6-16-13(10-14)9-12-3-1-2-4-15(12)17-11-19-7-8-20(16)17/h1-6,10,17,19H,7-9,11H2. The van der Waals surface area contributed by atoms with Gasteiger partial charge in [-0.2, -0.15) is 0 Å². The van der Waals surface area contributed by atoms with Gasteiger partial charge >= 0.3 is 0 Å². The van der Waals surface area contributed by atoms with E-state index in [2.05, 4.69) is 68.6 Å². The Labute approximate surface area is 127 Å². The van der Waals surface area contributed by atoms with E-state index in [1.165, 1.54) is 26.9 Å². The molecule has 0 saturated carbocycles. The fraction of sp³-hybridized carbons (Fsp3) is 0.294. The van der Waals surface area contributed by atoms with Crippen LogP contribution in [0.15, 0.2) is 46.9 Å². The van der Waals surface area contributed by atoms with Crippen LogP contribution in [0.3, 0.4) is 0 Å². The molecule has 2 aliphatic heterocycles. The lowest BCUT2D eigenvalue weighted by Gasteiger charge is -2.38. The van der Waals surface area contributed by atoms with Crippen LogP contribution in [0.4, 0.5) is 5.69 Å². The molecular weight excluding hydrogens is 312 g/mol. The third-order valence-corrected chi connectivity index (χ3v) is 4.88. The summed E-state index contributed by atoms with van der Waals surface area (Å²) >= 11 is 3.61. The zero-order valence-corrected chi connectivity index (χ0v) is 12.9. The summed E-state index contributed by atoms with van der Waals surface area (Å²) in [5, 5.41) is 3.54. The zero-order chi connectivity index (χ0) is 13.5. The van der Waals surface area contributed by atoms with Crippen LogP contribution in [-0.2, 0) is 6.42 Å². The van der Waals surface area contributed by atoms with Gasteiger partial charge in [0.1, 0.15) is 0 Å². The van der Waals surface area contributed by atoms with Crippen molar-refractivity contribution in [3.63, 3.8) is 0 Å². The average Bonchev–Trinajstić information content (AvgIpc) is 2.61. The molecule has 0 amide bonds. The number of halogens is 1. The highest BCUT2D eigenvalue weighted by Gasteiger charge is 2.29. The highest BCUT2D eigenvalue weighted by atomic mass is 79.9. The van der Waals surface area contributed by atoms with E-state index in [9.17, 15) is 0 Å². The Morgan fingerprint density at radius 1 is 1.10 bits per heavy atom. The topological polar surface area (TPSA) is 15.3 Å². The van der Waals surface area contributed by atoms with Gasteiger partial charge in [0, 0.05) is 29.8 Å². The molecule has 2 aromatic carbocycles. The molecule has 102 valence electrons. The van der Waals surface area contributed by atoms with E-state index in [1.807, 2.05) is 0 Å². The highest BCUT2D eigenvalue weighted by Crippen LogP contribution is 2.38. The summed E-state index contributed by atoms with van der Waals surface area (Å²) in [7, 11) is 0. The quantitative estimate of drug-likeness (QED) is 0.796. The van der Waals surface area contributed by atoms with Crippen molar-refractivity contribution in [2.75, 3.05) is 24.5 Å². The lowest BCUT2D eigenvalue weighted by atomic mass is 9.96. The number of benzene rings is 2. The largest absolute Gasteiger partial charge is 0.362 e. The highest BCUT2D eigenvalue weighted by molar-refractivity contribution is 9.10. The fourth-order valence-corrected chi connectivity index (χ4v) is 3.88. The molecule has 0 bridgehead atoms. The molecule has 1 saturated heterocycles. The number of hydrogen-bond donors (Lipinski definition) is 1. The number of anilines is 1. The van der Waals surface area contributed by atoms with E-state index in [0.717, 1.165) is 26.1 Å². The summed E-state index contributed by atoms with van der Waals surface area (Å²) < 4.78 is 1.17. The number of piperazine rings is 1. The Morgan fingerprint density at radius 3 is 2.95 bits per heavy atom. The van der Waals surface area contributed by atoms with Crippen LogP contribution in [-0.4, -0.2) is 19.6 Å². The van der Waals surface area contributed by atoms with E-state index in [4.69, 9.17) is 0 Å². The first-order valence-corrected chi connectivity index (χ1v) is 7.96. The average molecular weight is 329 g/mol. The van der Waals surface area contributed by atoms with Crippen LogP contribution in [0.5, 0.6) is 0 Å². The van der Waals surface area contributed by atoms with E-state index in [1.54, 1.807) is 0 Å². The third-order valence-electron chi connectivity index (χ3n) is 4.39. The molecule has 3 heteroatoms. The molecule has 4 rings (SSSR count). The van der Waals surface area contributed by atoms with Crippen LogP contribution >= 0.6 is 15.9 Å². The van der Waals surface area contributed by atoms with Crippen molar-refractivity contribution in [2.45, 2.75) is 12.5 Å². The second-order valence-electron chi connectivity index (χ2n) is 5.56. The number of nitrogens with zero attached hydrogens (tertiary/aromatic N) is 1. The Bertz CT molecular complexity index is 653. The van der Waals surface area contributed by atoms with E-state index >= 15 is 0 Å². The molecule has 0 radical (unpaired) electrons. The van der Waals surface area contributed by atoms with Gasteiger partial charge in [-0.1, -0.05) is 40.2 Å². The maximum atomic E-state index is 3.61. The van der Waals surface area contributed by atoms with Crippen LogP contribution < -0.4 is 10.2 Å². The molecule has 0 spiro atoms. The maximum Gasteiger partial charge on any atom is 0.0670 e. The monoisotopic (exact) mass is 328 g/mol. The van der Waals surface area contributed by atoms with Crippen molar-refractivity contribution in [3.8, 4) is 0 Å². The van der Waals surface area contributed by atoms with Crippen molar-refractivity contribution in [1.82, 2.24) is 5.32 Å². The molecule has 1 fully saturated rings. The SMILES string of the molecule is Brc1ccc2c(c1)Cc1ccccc1C1CNCCN21. The predicted octanol–water partition coefficient (Wildman–Crippen LogP) is 3.50. The second kappa shape index (κ2) is 4.90. The van der Waals surface area contributed by atoms with Gasteiger partial charge in [-0.05, 0) is 41.3 Å². The summed E-state index contributed by atoms with van der Waals surface area (Å²) in [6, 6.07) is 16.1. The summed E-state index contributed by atoms with van der Waals surface area (Å²) in [6.07, 6.45) is 1.03. The Balaban J connectivity index is 1.92. The van der Waals surface area contributed by atoms with Gasteiger partial charge < -0.3 is 10.2 Å². The van der Waals surface area contributed by atoms with Gasteiger partial charge in [-0.3, -0.25) is 0 Å². The van der Waals surface area contributed by atoms with Crippen LogP contribution in [0.1, 0.15) is 22.7 Å². The van der Waals surface area contributed by atoms with Gasteiger partial charge in [0.15, 0.2) is 0 Å². The lowest BCUT2D eigenvalue weighted by Crippen LogP contribution is -2.46. The van der Waals surface area contributed by atoms with Gasteiger partial charge in [-0.25, -0.2) is 0 Å². The smallest absolute Gasteiger partial charge is 0.0670 e. The first kappa shape index (κ1) is 12.4. The summed E-state index contributed by atoms with van der Waals surface area (Å²) in [5.74, 6) is 0. The second-order valence-corrected chi connectivity index (χ2v) is 6.48. The van der Waals surface area contributed by atoms with Crippen molar-refractivity contribution in [1.29, 1.82) is 0 Å². The van der Waals surface area contributed by atoms with Crippen molar-refractivity contribution < 1.29 is 0 Å². The third kappa shape index (κ3) is 1.97. The van der Waals surface area contributed by atoms with Gasteiger partial charge in [0.05, 0.1) is 6.04 Å². The lowest BCUT2D eigenvalue weighted by molar-refractivity contribution is 0.490. The number of rotatable bonds is 0. The normalized spacial score (nSPS) is 20.6. The fourth-order valence-electron chi connectivity index (χ4n) is 3.47. The minimum absolute atomic E-state index is 0.461. The molecular formula is C17H17BrN2. The zero-order valence-electron chi connectivity index (χ0n) is 11.3. The summed E-state index contributed by atoms with van der Waals surface area (Å²) in [6.45, 7) is 3.17. The Kier molecular flexibility index (Phi) is 3.04. The van der Waals surface area contributed by atoms with Gasteiger partial charge in [-0.15, -0.1) is 0 Å². The molecule has 2 heterocycles. The molecule has 1 unspecified atom stereocenters. The molecule has 2 aliphatic rings. The molecule has 1 N–H and O–H groups in total. The molecule has 20 heavy (non-hydrogen) atoms. The van der Waals surface area contributed by atoms with Gasteiger partial charge in [0.25, 0.3) is 0 Å². The van der Waals surface area contributed by atoms with Crippen LogP contribution in [0.2, 0.25) is 0 Å². The first-order valence-electron chi connectivity index (χ1n) is 7.16. The van der Waals surface area contributed by atoms with Crippen molar-refractivity contribution in [3.05, 3.63) is 63.6 Å². The number of hydrogen-bond acceptors (Lipinski definition) is 2. The van der Waals surface area contributed by atoms with E-state index < -0.39 is 0 Å². The van der Waals surface area contributed by atoms with E-state index in [0.29, 0.717) is 6.04 Å². The molecule has 0 aromatic heterocycles. The van der Waals surface area contributed by atoms with Crippen molar-refractivity contribution in [2.24, 2.45) is 0 Å². The van der Waals surface area contributed by atoms with Crippen LogP contribution in [0, 0.1) is 0 Å². The first-order chi connectivity index (χ1) is 9.83. The maximum absolute atomic E-state index is 3.61. The van der Waals surface area contributed by atoms with Crippen LogP contribution in [0.25, 0.3) is 0 Å².